The van der Waals surface area contributed by atoms with E-state index >= 15 is 0 Å². The minimum atomic E-state index is -0.340. The zero-order valence-electron chi connectivity index (χ0n) is 9.03. The summed E-state index contributed by atoms with van der Waals surface area (Å²) in [5.74, 6) is 0. The predicted molar refractivity (Wildman–Crippen MR) is 59.5 cm³/mol. The van der Waals surface area contributed by atoms with Crippen molar-refractivity contribution >= 4 is 6.09 Å². The van der Waals surface area contributed by atoms with Crippen molar-refractivity contribution in [2.75, 3.05) is 6.61 Å². The lowest BCUT2D eigenvalue weighted by Gasteiger charge is -2.06. The first-order valence-corrected chi connectivity index (χ1v) is 5.27. The SMILES string of the molecule is CCCCOC(=O)NCc1ccccc1. The van der Waals surface area contributed by atoms with Gasteiger partial charge in [0.2, 0.25) is 0 Å². The first kappa shape index (κ1) is 11.6. The number of benzene rings is 1. The maximum atomic E-state index is 11.2. The molecule has 1 aromatic carbocycles. The van der Waals surface area contributed by atoms with Crippen LogP contribution in [0.3, 0.4) is 0 Å². The molecule has 0 heterocycles. The fourth-order valence-corrected chi connectivity index (χ4v) is 1.13. The molecule has 0 radical (unpaired) electrons. The van der Waals surface area contributed by atoms with E-state index in [1.54, 1.807) is 0 Å². The van der Waals surface area contributed by atoms with Gasteiger partial charge in [-0.25, -0.2) is 4.79 Å². The van der Waals surface area contributed by atoms with Crippen LogP contribution in [0.25, 0.3) is 0 Å². The van der Waals surface area contributed by atoms with Crippen molar-refractivity contribution in [3.63, 3.8) is 0 Å². The van der Waals surface area contributed by atoms with Crippen LogP contribution >= 0.6 is 0 Å². The van der Waals surface area contributed by atoms with Gasteiger partial charge < -0.3 is 10.1 Å². The summed E-state index contributed by atoms with van der Waals surface area (Å²) in [6.07, 6.45) is 1.61. The van der Waals surface area contributed by atoms with Gasteiger partial charge in [-0.05, 0) is 12.0 Å². The van der Waals surface area contributed by atoms with Crippen LogP contribution in [0.4, 0.5) is 4.79 Å². The highest BCUT2D eigenvalue weighted by molar-refractivity contribution is 5.67. The van der Waals surface area contributed by atoms with Crippen molar-refractivity contribution in [2.45, 2.75) is 26.3 Å². The first-order chi connectivity index (χ1) is 7.33. The zero-order chi connectivity index (χ0) is 10.9. The van der Waals surface area contributed by atoms with Crippen molar-refractivity contribution in [2.24, 2.45) is 0 Å². The highest BCUT2D eigenvalue weighted by atomic mass is 16.5. The molecule has 3 heteroatoms. The summed E-state index contributed by atoms with van der Waals surface area (Å²) in [6.45, 7) is 3.08. The molecular weight excluding hydrogens is 190 g/mol. The van der Waals surface area contributed by atoms with Crippen LogP contribution in [0.5, 0.6) is 0 Å². The van der Waals surface area contributed by atoms with Crippen LogP contribution in [0.15, 0.2) is 30.3 Å². The Morgan fingerprint density at radius 3 is 2.73 bits per heavy atom. The number of hydrogen-bond acceptors (Lipinski definition) is 2. The molecule has 0 aromatic heterocycles. The van der Waals surface area contributed by atoms with Crippen molar-refractivity contribution in [3.05, 3.63) is 35.9 Å². The molecule has 0 unspecified atom stereocenters. The number of carbonyl (C=O) groups excluding carboxylic acids is 1. The van der Waals surface area contributed by atoms with E-state index in [1.807, 2.05) is 30.3 Å². The molecule has 0 spiro atoms. The lowest BCUT2D eigenvalue weighted by molar-refractivity contribution is 0.144. The summed E-state index contributed by atoms with van der Waals surface area (Å²) in [5.41, 5.74) is 1.07. The minimum Gasteiger partial charge on any atom is -0.450 e. The molecule has 82 valence electrons. The zero-order valence-corrected chi connectivity index (χ0v) is 9.03. The topological polar surface area (TPSA) is 38.3 Å². The number of unbranched alkanes of at least 4 members (excludes halogenated alkanes) is 1. The van der Waals surface area contributed by atoms with E-state index in [1.165, 1.54) is 0 Å². The molecule has 3 nitrogen and oxygen atoms in total. The van der Waals surface area contributed by atoms with Gasteiger partial charge in [0.1, 0.15) is 0 Å². The van der Waals surface area contributed by atoms with Gasteiger partial charge in [0.25, 0.3) is 0 Å². The standard InChI is InChI=1S/C12H17NO2/c1-2-3-9-15-12(14)13-10-11-7-5-4-6-8-11/h4-8H,2-3,9-10H2,1H3,(H,13,14). The van der Waals surface area contributed by atoms with Crippen LogP contribution < -0.4 is 5.32 Å². The van der Waals surface area contributed by atoms with Crippen LogP contribution in [0.1, 0.15) is 25.3 Å². The van der Waals surface area contributed by atoms with Gasteiger partial charge in [0.15, 0.2) is 0 Å². The Bertz CT molecular complexity index is 285. The molecule has 15 heavy (non-hydrogen) atoms. The van der Waals surface area contributed by atoms with Crippen LogP contribution in [-0.2, 0) is 11.3 Å². The summed E-state index contributed by atoms with van der Waals surface area (Å²) in [5, 5.41) is 2.70. The van der Waals surface area contributed by atoms with Crippen molar-refractivity contribution in [1.82, 2.24) is 5.32 Å². The second kappa shape index (κ2) is 6.87. The Kier molecular flexibility index (Phi) is 5.30. The highest BCUT2D eigenvalue weighted by Crippen LogP contribution is 1.97. The highest BCUT2D eigenvalue weighted by Gasteiger charge is 2.00. The third-order valence-corrected chi connectivity index (χ3v) is 2.01. The summed E-state index contributed by atoms with van der Waals surface area (Å²) < 4.78 is 4.95. The molecule has 1 N–H and O–H groups in total. The Labute approximate surface area is 90.4 Å². The molecular formula is C12H17NO2. The van der Waals surface area contributed by atoms with E-state index in [0.29, 0.717) is 13.2 Å². The third-order valence-electron chi connectivity index (χ3n) is 2.01. The number of alkyl carbamates (subject to hydrolysis) is 1. The second-order valence-corrected chi connectivity index (χ2v) is 3.33. The summed E-state index contributed by atoms with van der Waals surface area (Å²) in [7, 11) is 0. The number of rotatable bonds is 5. The van der Waals surface area contributed by atoms with Gasteiger partial charge in [-0.2, -0.15) is 0 Å². The van der Waals surface area contributed by atoms with Crippen molar-refractivity contribution < 1.29 is 9.53 Å². The predicted octanol–water partition coefficient (Wildman–Crippen LogP) is 2.71. The Morgan fingerprint density at radius 2 is 2.07 bits per heavy atom. The Hall–Kier alpha value is -1.51. The van der Waals surface area contributed by atoms with E-state index < -0.39 is 0 Å². The van der Waals surface area contributed by atoms with Crippen molar-refractivity contribution in [3.8, 4) is 0 Å². The normalized spacial score (nSPS) is 9.67. The summed E-state index contributed by atoms with van der Waals surface area (Å²) in [4.78, 5) is 11.2. The molecule has 0 atom stereocenters. The molecule has 1 amide bonds. The number of amides is 1. The van der Waals surface area contributed by atoms with Gasteiger partial charge in [0.05, 0.1) is 6.61 Å². The molecule has 0 fully saturated rings. The van der Waals surface area contributed by atoms with E-state index in [0.717, 1.165) is 18.4 Å². The summed E-state index contributed by atoms with van der Waals surface area (Å²) >= 11 is 0. The Balaban J connectivity index is 2.17. The molecule has 0 aliphatic carbocycles. The lowest BCUT2D eigenvalue weighted by Crippen LogP contribution is -2.24. The average molecular weight is 207 g/mol. The third kappa shape index (κ3) is 5.05. The monoisotopic (exact) mass is 207 g/mol. The number of carbonyl (C=O) groups is 1. The fraction of sp³-hybridized carbons (Fsp3) is 0.417. The van der Waals surface area contributed by atoms with E-state index in [-0.39, 0.29) is 6.09 Å². The fourth-order valence-electron chi connectivity index (χ4n) is 1.13. The average Bonchev–Trinajstić information content (AvgIpc) is 2.28. The number of nitrogens with one attached hydrogen (secondary N) is 1. The van der Waals surface area contributed by atoms with Gasteiger partial charge in [-0.15, -0.1) is 0 Å². The maximum Gasteiger partial charge on any atom is 0.407 e. The molecule has 0 bridgehead atoms. The van der Waals surface area contributed by atoms with Crippen LogP contribution in [0.2, 0.25) is 0 Å². The van der Waals surface area contributed by atoms with Gasteiger partial charge in [0, 0.05) is 6.54 Å². The molecule has 0 saturated heterocycles. The van der Waals surface area contributed by atoms with Crippen LogP contribution in [-0.4, -0.2) is 12.7 Å². The molecule has 1 aromatic rings. The maximum absolute atomic E-state index is 11.2. The molecule has 0 aliphatic rings. The van der Waals surface area contributed by atoms with Crippen LogP contribution in [0, 0.1) is 0 Å². The first-order valence-electron chi connectivity index (χ1n) is 5.27. The quantitative estimate of drug-likeness (QED) is 0.754. The van der Waals surface area contributed by atoms with Gasteiger partial charge in [-0.1, -0.05) is 43.7 Å². The Morgan fingerprint density at radius 1 is 1.33 bits per heavy atom. The van der Waals surface area contributed by atoms with Gasteiger partial charge >= 0.3 is 6.09 Å². The smallest absolute Gasteiger partial charge is 0.407 e. The van der Waals surface area contributed by atoms with E-state index in [4.69, 9.17) is 4.74 Å². The minimum absolute atomic E-state index is 0.340. The van der Waals surface area contributed by atoms with E-state index in [9.17, 15) is 4.79 Å². The largest absolute Gasteiger partial charge is 0.450 e. The summed E-state index contributed by atoms with van der Waals surface area (Å²) in [6, 6.07) is 9.76. The lowest BCUT2D eigenvalue weighted by atomic mass is 10.2. The van der Waals surface area contributed by atoms with Crippen molar-refractivity contribution in [1.29, 1.82) is 0 Å². The number of ether oxygens (including phenoxy) is 1. The second-order valence-electron chi connectivity index (χ2n) is 3.33. The number of hydrogen-bond donors (Lipinski definition) is 1. The molecule has 0 saturated carbocycles. The molecule has 1 rings (SSSR count). The molecule has 0 aliphatic heterocycles. The van der Waals surface area contributed by atoms with Gasteiger partial charge in [-0.3, -0.25) is 0 Å². The van der Waals surface area contributed by atoms with E-state index in [2.05, 4.69) is 12.2 Å².